The maximum absolute atomic E-state index is 10.1. The van der Waals surface area contributed by atoms with Gasteiger partial charge in [0.05, 0.1) is 6.10 Å². The van der Waals surface area contributed by atoms with E-state index < -0.39 is 0 Å². The highest BCUT2D eigenvalue weighted by Crippen LogP contribution is 2.13. The number of rotatable bonds is 4. The number of aliphatic hydroxyl groups is 1. The molecule has 2 rings (SSSR count). The summed E-state index contributed by atoms with van der Waals surface area (Å²) < 4.78 is 0. The van der Waals surface area contributed by atoms with Gasteiger partial charge < -0.3 is 10.4 Å². The van der Waals surface area contributed by atoms with Crippen LogP contribution in [-0.4, -0.2) is 41.8 Å². The maximum atomic E-state index is 10.1. The van der Waals surface area contributed by atoms with E-state index in [1.807, 2.05) is 6.07 Å². The van der Waals surface area contributed by atoms with Gasteiger partial charge in [-0.25, -0.2) is 0 Å². The van der Waals surface area contributed by atoms with E-state index >= 15 is 0 Å². The normalized spacial score (nSPS) is 23.2. The average molecular weight is 248 g/mol. The third kappa shape index (κ3) is 3.55. The molecule has 1 fully saturated rings. The lowest BCUT2D eigenvalue weighted by molar-refractivity contribution is 0.0466. The molecule has 0 spiro atoms. The van der Waals surface area contributed by atoms with Crippen LogP contribution >= 0.6 is 0 Å². The topological polar surface area (TPSA) is 35.5 Å². The third-order valence-electron chi connectivity index (χ3n) is 3.63. The molecule has 0 radical (unpaired) electrons. The molecule has 100 valence electrons. The monoisotopic (exact) mass is 248 g/mol. The standard InChI is InChI=1S/C15H24N2O/c1-12(2)15(18)14-11-17(9-8-16-14)10-13-6-4-3-5-7-13/h3-7,12,14-16,18H,8-11H2,1-2H3/t14-,15?/m0/s1. The lowest BCUT2D eigenvalue weighted by Crippen LogP contribution is -2.56. The van der Waals surface area contributed by atoms with Gasteiger partial charge in [0, 0.05) is 32.2 Å². The smallest absolute Gasteiger partial charge is 0.0728 e. The van der Waals surface area contributed by atoms with Crippen LogP contribution in [0.2, 0.25) is 0 Å². The molecule has 3 nitrogen and oxygen atoms in total. The number of benzene rings is 1. The molecule has 1 heterocycles. The zero-order valence-corrected chi connectivity index (χ0v) is 11.3. The van der Waals surface area contributed by atoms with Crippen LogP contribution in [0.5, 0.6) is 0 Å². The lowest BCUT2D eigenvalue weighted by Gasteiger charge is -2.37. The zero-order chi connectivity index (χ0) is 13.0. The molecular weight excluding hydrogens is 224 g/mol. The minimum Gasteiger partial charge on any atom is -0.391 e. The highest BCUT2D eigenvalue weighted by molar-refractivity contribution is 5.14. The first-order valence-corrected chi connectivity index (χ1v) is 6.84. The number of aliphatic hydroxyl groups excluding tert-OH is 1. The average Bonchev–Trinajstić information content (AvgIpc) is 2.39. The Morgan fingerprint density at radius 1 is 1.33 bits per heavy atom. The van der Waals surface area contributed by atoms with Crippen molar-refractivity contribution in [3.8, 4) is 0 Å². The van der Waals surface area contributed by atoms with Crippen LogP contribution in [0.15, 0.2) is 30.3 Å². The molecule has 3 heteroatoms. The van der Waals surface area contributed by atoms with Crippen LogP contribution in [0.3, 0.4) is 0 Å². The van der Waals surface area contributed by atoms with Crippen molar-refractivity contribution in [1.82, 2.24) is 10.2 Å². The third-order valence-corrected chi connectivity index (χ3v) is 3.63. The van der Waals surface area contributed by atoms with Crippen LogP contribution in [-0.2, 0) is 6.54 Å². The fourth-order valence-electron chi connectivity index (χ4n) is 2.52. The molecule has 0 aliphatic carbocycles. The van der Waals surface area contributed by atoms with Gasteiger partial charge in [-0.1, -0.05) is 44.2 Å². The highest BCUT2D eigenvalue weighted by Gasteiger charge is 2.27. The van der Waals surface area contributed by atoms with Crippen molar-refractivity contribution in [3.05, 3.63) is 35.9 Å². The maximum Gasteiger partial charge on any atom is 0.0728 e. The number of nitrogens with one attached hydrogen (secondary N) is 1. The Kier molecular flexibility index (Phi) is 4.75. The van der Waals surface area contributed by atoms with Gasteiger partial charge in [0.2, 0.25) is 0 Å². The quantitative estimate of drug-likeness (QED) is 0.847. The second-order valence-corrected chi connectivity index (χ2v) is 5.52. The molecule has 1 aliphatic heterocycles. The Morgan fingerprint density at radius 2 is 2.06 bits per heavy atom. The summed E-state index contributed by atoms with van der Waals surface area (Å²) in [5.74, 6) is 0.305. The van der Waals surface area contributed by atoms with E-state index in [1.54, 1.807) is 0 Å². The summed E-state index contributed by atoms with van der Waals surface area (Å²) in [5, 5.41) is 13.6. The minimum atomic E-state index is -0.261. The summed E-state index contributed by atoms with van der Waals surface area (Å²) in [7, 11) is 0. The lowest BCUT2D eigenvalue weighted by atomic mass is 9.98. The first kappa shape index (κ1) is 13.5. The molecule has 0 amide bonds. The van der Waals surface area contributed by atoms with E-state index in [9.17, 15) is 5.11 Å². The second-order valence-electron chi connectivity index (χ2n) is 5.52. The van der Waals surface area contributed by atoms with Crippen LogP contribution in [0.25, 0.3) is 0 Å². The molecule has 0 bridgehead atoms. The molecule has 0 aromatic heterocycles. The number of nitrogens with zero attached hydrogens (tertiary/aromatic N) is 1. The Morgan fingerprint density at radius 3 is 2.72 bits per heavy atom. The molecule has 2 N–H and O–H groups in total. The number of hydrogen-bond donors (Lipinski definition) is 2. The minimum absolute atomic E-state index is 0.197. The molecule has 0 saturated carbocycles. The van der Waals surface area contributed by atoms with Crippen molar-refractivity contribution < 1.29 is 5.11 Å². The van der Waals surface area contributed by atoms with Gasteiger partial charge in [0.15, 0.2) is 0 Å². The van der Waals surface area contributed by atoms with Gasteiger partial charge in [-0.2, -0.15) is 0 Å². The summed E-state index contributed by atoms with van der Waals surface area (Å²) in [5.41, 5.74) is 1.34. The predicted molar refractivity (Wildman–Crippen MR) is 74.4 cm³/mol. The summed E-state index contributed by atoms with van der Waals surface area (Å²) in [6.45, 7) is 8.06. The van der Waals surface area contributed by atoms with Gasteiger partial charge in [-0.05, 0) is 11.5 Å². The van der Waals surface area contributed by atoms with Gasteiger partial charge in [-0.15, -0.1) is 0 Å². The summed E-state index contributed by atoms with van der Waals surface area (Å²) in [6, 6.07) is 10.7. The largest absolute Gasteiger partial charge is 0.391 e. The van der Waals surface area contributed by atoms with Crippen molar-refractivity contribution in [2.45, 2.75) is 32.5 Å². The van der Waals surface area contributed by atoms with Crippen molar-refractivity contribution >= 4 is 0 Å². The van der Waals surface area contributed by atoms with E-state index in [-0.39, 0.29) is 12.1 Å². The van der Waals surface area contributed by atoms with Crippen LogP contribution in [0.1, 0.15) is 19.4 Å². The van der Waals surface area contributed by atoms with E-state index in [0.717, 1.165) is 26.2 Å². The van der Waals surface area contributed by atoms with Gasteiger partial charge in [0.25, 0.3) is 0 Å². The summed E-state index contributed by atoms with van der Waals surface area (Å²) >= 11 is 0. The Labute approximate surface area is 110 Å². The van der Waals surface area contributed by atoms with Crippen molar-refractivity contribution in [2.24, 2.45) is 5.92 Å². The zero-order valence-electron chi connectivity index (χ0n) is 11.3. The Bertz CT molecular complexity index is 353. The summed E-state index contributed by atoms with van der Waals surface area (Å²) in [6.07, 6.45) is -0.261. The van der Waals surface area contributed by atoms with E-state index in [2.05, 4.69) is 48.3 Å². The fourth-order valence-corrected chi connectivity index (χ4v) is 2.52. The van der Waals surface area contributed by atoms with Gasteiger partial charge in [0.1, 0.15) is 0 Å². The Balaban J connectivity index is 1.91. The molecule has 1 aromatic rings. The molecule has 1 unspecified atom stereocenters. The van der Waals surface area contributed by atoms with Crippen molar-refractivity contribution in [3.63, 3.8) is 0 Å². The van der Waals surface area contributed by atoms with Crippen LogP contribution in [0.4, 0.5) is 0 Å². The van der Waals surface area contributed by atoms with E-state index in [1.165, 1.54) is 5.56 Å². The Hall–Kier alpha value is -0.900. The number of hydrogen-bond acceptors (Lipinski definition) is 3. The fraction of sp³-hybridized carbons (Fsp3) is 0.600. The molecule has 1 saturated heterocycles. The SMILES string of the molecule is CC(C)C(O)[C@@H]1CN(Cc2ccccc2)CCN1. The second kappa shape index (κ2) is 6.32. The molecule has 1 aromatic carbocycles. The van der Waals surface area contributed by atoms with Crippen LogP contribution in [0, 0.1) is 5.92 Å². The van der Waals surface area contributed by atoms with Gasteiger partial charge in [-0.3, -0.25) is 4.90 Å². The number of piperazine rings is 1. The molecule has 1 aliphatic rings. The van der Waals surface area contributed by atoms with E-state index in [0.29, 0.717) is 5.92 Å². The molecule has 2 atom stereocenters. The molecular formula is C15H24N2O. The highest BCUT2D eigenvalue weighted by atomic mass is 16.3. The first-order chi connectivity index (χ1) is 8.66. The predicted octanol–water partition coefficient (Wildman–Crippen LogP) is 1.48. The van der Waals surface area contributed by atoms with Crippen molar-refractivity contribution in [2.75, 3.05) is 19.6 Å². The molecule has 18 heavy (non-hydrogen) atoms. The van der Waals surface area contributed by atoms with Crippen LogP contribution < -0.4 is 5.32 Å². The van der Waals surface area contributed by atoms with E-state index in [4.69, 9.17) is 0 Å². The van der Waals surface area contributed by atoms with Gasteiger partial charge >= 0.3 is 0 Å². The summed E-state index contributed by atoms with van der Waals surface area (Å²) in [4.78, 5) is 2.42. The first-order valence-electron chi connectivity index (χ1n) is 6.84. The van der Waals surface area contributed by atoms with Crippen molar-refractivity contribution in [1.29, 1.82) is 0 Å².